The number of nitrogens with one attached hydrogen (secondary N) is 2. The first-order valence-corrected chi connectivity index (χ1v) is 14.6. The molecule has 0 saturated carbocycles. The van der Waals surface area contributed by atoms with Crippen LogP contribution in [0, 0.1) is 0 Å². The molecule has 7 rings (SSSR count). The van der Waals surface area contributed by atoms with Crippen LogP contribution in [0.3, 0.4) is 0 Å². The van der Waals surface area contributed by atoms with Gasteiger partial charge < -0.3 is 22.4 Å². The van der Waals surface area contributed by atoms with E-state index in [1.807, 2.05) is 103 Å². The molecule has 0 amide bonds. The maximum absolute atomic E-state index is 10.7. The smallest absolute Gasteiger partial charge is 1.00 e. The minimum Gasteiger partial charge on any atom is -1.00 e. The first-order valence-electron chi connectivity index (χ1n) is 12.5. The van der Waals surface area contributed by atoms with Crippen molar-refractivity contribution >= 4 is 29.9 Å². The molecule has 0 unspecified atom stereocenters. The molecule has 5 heterocycles. The van der Waals surface area contributed by atoms with Gasteiger partial charge in [-0.2, -0.15) is 0 Å². The van der Waals surface area contributed by atoms with Gasteiger partial charge in [-0.3, -0.25) is 9.97 Å². The van der Waals surface area contributed by atoms with E-state index in [0.717, 1.165) is 56.5 Å². The van der Waals surface area contributed by atoms with Crippen LogP contribution in [0.1, 0.15) is 0 Å². The topological polar surface area (TPSA) is 96.0 Å². The van der Waals surface area contributed by atoms with Crippen LogP contribution in [-0.4, -0.2) is 34.9 Å². The quantitative estimate of drug-likeness (QED) is 0.119. The number of rotatable bonds is 3. The molecular weight excluding hydrogens is 728 g/mol. The number of hydrogen-bond donors (Lipinski definition) is 2. The normalized spacial score (nSPS) is 12.2. The number of benzene rings is 2. The molecule has 234 valence electrons. The zero-order valence-electron chi connectivity index (χ0n) is 22.7. The van der Waals surface area contributed by atoms with Gasteiger partial charge in [0.15, 0.2) is 11.6 Å². The molecule has 45 heavy (non-hydrogen) atoms. The summed E-state index contributed by atoms with van der Waals surface area (Å²) < 4.78 is 59.2. The van der Waals surface area contributed by atoms with E-state index in [1.165, 1.54) is 0 Å². The molecule has 0 atom stereocenters. The van der Waals surface area contributed by atoms with Gasteiger partial charge in [-0.25, -0.2) is 15.0 Å². The third-order valence-corrected chi connectivity index (χ3v) is 5.61. The fourth-order valence-electron chi connectivity index (χ4n) is 3.88. The molecule has 0 fully saturated rings. The van der Waals surface area contributed by atoms with Gasteiger partial charge in [0.2, 0.25) is 0 Å². The molecule has 0 saturated heterocycles. The van der Waals surface area contributed by atoms with Gasteiger partial charge >= 0.3 is 52.5 Å². The van der Waals surface area contributed by atoms with Crippen molar-refractivity contribution < 1.29 is 57.1 Å². The fraction of sp³-hybridized carbons (Fsp3) is 0. The monoisotopic (exact) mass is 749 g/mol. The molecule has 16 heteroatoms. The van der Waals surface area contributed by atoms with Crippen molar-refractivity contribution in [2.45, 2.75) is 0 Å². The van der Waals surface area contributed by atoms with Crippen molar-refractivity contribution in [3.63, 3.8) is 0 Å². The van der Waals surface area contributed by atoms with Crippen molar-refractivity contribution in [2.24, 2.45) is 0 Å². The van der Waals surface area contributed by atoms with E-state index >= 15 is 0 Å². The number of H-pyrrole nitrogens is 2. The van der Waals surface area contributed by atoms with Crippen LogP contribution in [0.15, 0.2) is 116 Å². The molecule has 0 aliphatic carbocycles. The van der Waals surface area contributed by atoms with Gasteiger partial charge in [0, 0.05) is 12.4 Å². The standard InChI is InChI=1S/C19H13N5.C10H8N2.ClH.F6P.Ru/c1-2-7-13-12(6-1)21-18(22-13)16-10-5-11-17(20-16)19-23-14-8-3-4-9-15(14)24-19;1-3-7-11-9(5-1)10-6-2-4-8-12-10;;1-7(2,3,4,5)6;/h1-11H,(H,21,22)(H,23,24);1-8H;1H;;/q;;;-1;+2/p-1. The number of aromatic amines is 2. The molecule has 2 aromatic carbocycles. The van der Waals surface area contributed by atoms with Crippen molar-refractivity contribution in [3.05, 3.63) is 116 Å². The number of aromatic nitrogens is 7. The van der Waals surface area contributed by atoms with Crippen LogP contribution in [-0.2, 0) is 19.5 Å². The Morgan fingerprint density at radius 1 is 0.444 bits per heavy atom. The summed E-state index contributed by atoms with van der Waals surface area (Å²) in [6.07, 6.45) is 3.54. The first-order chi connectivity index (χ1) is 20.3. The summed E-state index contributed by atoms with van der Waals surface area (Å²) in [5, 5.41) is 0. The maximum Gasteiger partial charge on any atom is 2.00 e. The summed E-state index contributed by atoms with van der Waals surface area (Å²) in [6.45, 7) is 0. The Hall–Kier alpha value is -4.25. The summed E-state index contributed by atoms with van der Waals surface area (Å²) in [5.74, 6) is 1.52. The summed E-state index contributed by atoms with van der Waals surface area (Å²) in [4.78, 5) is 28.9. The van der Waals surface area contributed by atoms with E-state index in [1.54, 1.807) is 12.4 Å². The van der Waals surface area contributed by atoms with E-state index in [2.05, 4.69) is 29.9 Å². The molecule has 0 bridgehead atoms. The van der Waals surface area contributed by atoms with Crippen molar-refractivity contribution in [1.29, 1.82) is 0 Å². The third-order valence-electron chi connectivity index (χ3n) is 5.61. The Balaban J connectivity index is 0.000000222. The number of hydrogen-bond acceptors (Lipinski definition) is 5. The number of halogens is 7. The van der Waals surface area contributed by atoms with E-state index in [0.29, 0.717) is 0 Å². The molecule has 2 N–H and O–H groups in total. The molecule has 5 aromatic heterocycles. The van der Waals surface area contributed by atoms with Gasteiger partial charge in [-0.15, -0.1) is 0 Å². The van der Waals surface area contributed by atoms with E-state index < -0.39 is 7.81 Å². The Kier molecular flexibility index (Phi) is 10.5. The van der Waals surface area contributed by atoms with Crippen molar-refractivity contribution in [3.8, 4) is 34.4 Å². The van der Waals surface area contributed by atoms with Crippen LogP contribution in [0.4, 0.5) is 25.2 Å². The zero-order chi connectivity index (χ0) is 30.6. The number of imidazole rings is 2. The van der Waals surface area contributed by atoms with Crippen LogP contribution < -0.4 is 12.4 Å². The first kappa shape index (κ1) is 35.2. The van der Waals surface area contributed by atoms with Gasteiger partial charge in [0.05, 0.1) is 33.5 Å². The van der Waals surface area contributed by atoms with Gasteiger partial charge in [-0.1, -0.05) is 42.5 Å². The average Bonchev–Trinajstić information content (AvgIpc) is 3.62. The molecular formula is C29H21ClF6N7PRu. The summed E-state index contributed by atoms with van der Waals surface area (Å²) >= 11 is 0. The number of nitrogens with zero attached hydrogens (tertiary/aromatic N) is 5. The van der Waals surface area contributed by atoms with E-state index in [4.69, 9.17) is 4.98 Å². The summed E-state index contributed by atoms with van der Waals surface area (Å²) in [7, 11) is -10.7. The second-order valence-corrected chi connectivity index (χ2v) is 10.9. The van der Waals surface area contributed by atoms with Crippen LogP contribution >= 0.6 is 7.81 Å². The Morgan fingerprint density at radius 2 is 0.800 bits per heavy atom. The van der Waals surface area contributed by atoms with Crippen LogP contribution in [0.2, 0.25) is 0 Å². The second kappa shape index (κ2) is 13.4. The largest absolute Gasteiger partial charge is 2.00 e. The zero-order valence-corrected chi connectivity index (χ0v) is 26.0. The molecule has 7 aromatic rings. The molecule has 7 nitrogen and oxygen atoms in total. The number of fused-ring (bicyclic) bond motifs is 2. The fourth-order valence-corrected chi connectivity index (χ4v) is 3.88. The minimum atomic E-state index is -10.7. The number of pyridine rings is 3. The van der Waals surface area contributed by atoms with Crippen LogP contribution in [0.5, 0.6) is 0 Å². The Labute approximate surface area is 271 Å². The molecule has 0 aliphatic rings. The summed E-state index contributed by atoms with van der Waals surface area (Å²) in [5.41, 5.74) is 7.29. The minimum absolute atomic E-state index is 0. The van der Waals surface area contributed by atoms with E-state index in [9.17, 15) is 25.2 Å². The van der Waals surface area contributed by atoms with Gasteiger partial charge in [0.1, 0.15) is 11.4 Å². The molecule has 0 aliphatic heterocycles. The predicted molar refractivity (Wildman–Crippen MR) is 155 cm³/mol. The third kappa shape index (κ3) is 11.0. The van der Waals surface area contributed by atoms with Crippen molar-refractivity contribution in [1.82, 2.24) is 34.9 Å². The van der Waals surface area contributed by atoms with Crippen LogP contribution in [0.25, 0.3) is 56.5 Å². The Morgan fingerprint density at radius 3 is 1.16 bits per heavy atom. The van der Waals surface area contributed by atoms with Gasteiger partial charge in [0.25, 0.3) is 0 Å². The second-order valence-electron chi connectivity index (χ2n) is 9.00. The SMILES string of the molecule is F[P-](F)(F)(F)(F)F.[Cl-].[Ru+2].c1cc(-c2nc3ccccc3[nH]2)nc(-c2nc3ccccc3[nH]2)c1.c1ccc(-c2ccccn2)nc1. The average molecular weight is 749 g/mol. The Bertz CT molecular complexity index is 1790. The molecule has 0 spiro atoms. The van der Waals surface area contributed by atoms with Gasteiger partial charge in [-0.05, 0) is 60.7 Å². The van der Waals surface area contributed by atoms with Crippen molar-refractivity contribution in [2.75, 3.05) is 0 Å². The summed E-state index contributed by atoms with van der Waals surface area (Å²) in [6, 6.07) is 33.4. The predicted octanol–water partition coefficient (Wildman–Crippen LogP) is 6.70. The maximum atomic E-state index is 9.87. The molecule has 0 radical (unpaired) electrons. The number of para-hydroxylation sites is 4. The van der Waals surface area contributed by atoms with E-state index in [-0.39, 0.29) is 31.9 Å².